The summed E-state index contributed by atoms with van der Waals surface area (Å²) in [6.45, 7) is 6.16. The van der Waals surface area contributed by atoms with Gasteiger partial charge in [-0.15, -0.1) is 0 Å². The SMILES string of the molecule is CCCNC1CCC(c2cccc(OCC)c2)C1. The lowest BCUT2D eigenvalue weighted by Gasteiger charge is -2.14. The van der Waals surface area contributed by atoms with Crippen molar-refractivity contribution in [2.45, 2.75) is 51.5 Å². The van der Waals surface area contributed by atoms with Crippen molar-refractivity contribution in [3.05, 3.63) is 29.8 Å². The molecule has 2 unspecified atom stereocenters. The van der Waals surface area contributed by atoms with Crippen LogP contribution in [0.15, 0.2) is 24.3 Å². The summed E-state index contributed by atoms with van der Waals surface area (Å²) in [4.78, 5) is 0. The number of benzene rings is 1. The highest BCUT2D eigenvalue weighted by Gasteiger charge is 2.25. The molecule has 0 bridgehead atoms. The van der Waals surface area contributed by atoms with Crippen LogP contribution in [0.3, 0.4) is 0 Å². The van der Waals surface area contributed by atoms with Gasteiger partial charge in [-0.2, -0.15) is 0 Å². The monoisotopic (exact) mass is 247 g/mol. The van der Waals surface area contributed by atoms with E-state index < -0.39 is 0 Å². The second kappa shape index (κ2) is 6.79. The molecule has 2 rings (SSSR count). The molecule has 1 saturated carbocycles. The molecule has 0 aromatic heterocycles. The molecule has 0 heterocycles. The highest BCUT2D eigenvalue weighted by Crippen LogP contribution is 2.35. The molecule has 0 saturated heterocycles. The van der Waals surface area contributed by atoms with E-state index in [1.165, 1.54) is 31.2 Å². The summed E-state index contributed by atoms with van der Waals surface area (Å²) in [7, 11) is 0. The van der Waals surface area contributed by atoms with Crippen molar-refractivity contribution < 1.29 is 4.74 Å². The summed E-state index contributed by atoms with van der Waals surface area (Å²) in [5.41, 5.74) is 1.45. The van der Waals surface area contributed by atoms with Gasteiger partial charge in [-0.1, -0.05) is 19.1 Å². The Morgan fingerprint density at radius 1 is 1.28 bits per heavy atom. The fraction of sp³-hybridized carbons (Fsp3) is 0.625. The summed E-state index contributed by atoms with van der Waals surface area (Å²) in [5, 5.41) is 3.64. The van der Waals surface area contributed by atoms with E-state index in [9.17, 15) is 0 Å². The molecule has 0 radical (unpaired) electrons. The van der Waals surface area contributed by atoms with Gasteiger partial charge in [0.05, 0.1) is 6.61 Å². The quantitative estimate of drug-likeness (QED) is 0.827. The van der Waals surface area contributed by atoms with E-state index in [4.69, 9.17) is 4.74 Å². The zero-order chi connectivity index (χ0) is 12.8. The summed E-state index contributed by atoms with van der Waals surface area (Å²) < 4.78 is 5.58. The predicted octanol–water partition coefficient (Wildman–Crippen LogP) is 3.72. The Hall–Kier alpha value is -1.02. The molecule has 1 aliphatic rings. The second-order valence-corrected chi connectivity index (χ2v) is 5.17. The normalized spacial score (nSPS) is 23.2. The Morgan fingerprint density at radius 2 is 2.17 bits per heavy atom. The Labute approximate surface area is 111 Å². The molecule has 2 heteroatoms. The third-order valence-electron chi connectivity index (χ3n) is 3.76. The molecule has 1 aliphatic carbocycles. The standard InChI is InChI=1S/C16H25NO/c1-3-10-17-15-9-8-14(11-15)13-6-5-7-16(12-13)18-4-2/h5-7,12,14-15,17H,3-4,8-11H2,1-2H3. The minimum Gasteiger partial charge on any atom is -0.494 e. The maximum atomic E-state index is 5.58. The smallest absolute Gasteiger partial charge is 0.119 e. The van der Waals surface area contributed by atoms with E-state index in [2.05, 4.69) is 36.5 Å². The summed E-state index contributed by atoms with van der Waals surface area (Å²) in [5.74, 6) is 1.72. The van der Waals surface area contributed by atoms with Crippen LogP contribution in [0.2, 0.25) is 0 Å². The maximum absolute atomic E-state index is 5.58. The molecular weight excluding hydrogens is 222 g/mol. The van der Waals surface area contributed by atoms with E-state index in [-0.39, 0.29) is 0 Å². The van der Waals surface area contributed by atoms with Crippen molar-refractivity contribution in [2.24, 2.45) is 0 Å². The topological polar surface area (TPSA) is 21.3 Å². The van der Waals surface area contributed by atoms with Crippen LogP contribution >= 0.6 is 0 Å². The van der Waals surface area contributed by atoms with Gasteiger partial charge in [-0.3, -0.25) is 0 Å². The van der Waals surface area contributed by atoms with Crippen molar-refractivity contribution >= 4 is 0 Å². The van der Waals surface area contributed by atoms with Crippen molar-refractivity contribution in [3.63, 3.8) is 0 Å². The van der Waals surface area contributed by atoms with Crippen LogP contribution in [0, 0.1) is 0 Å². The number of ether oxygens (including phenoxy) is 1. The Balaban J connectivity index is 1.94. The summed E-state index contributed by atoms with van der Waals surface area (Å²) >= 11 is 0. The second-order valence-electron chi connectivity index (χ2n) is 5.17. The lowest BCUT2D eigenvalue weighted by Crippen LogP contribution is -2.26. The number of hydrogen-bond donors (Lipinski definition) is 1. The van der Waals surface area contributed by atoms with Crippen molar-refractivity contribution in [1.82, 2.24) is 5.32 Å². The summed E-state index contributed by atoms with van der Waals surface area (Å²) in [6, 6.07) is 9.35. The van der Waals surface area contributed by atoms with Crippen molar-refractivity contribution in [3.8, 4) is 5.75 Å². The molecule has 2 nitrogen and oxygen atoms in total. The third kappa shape index (κ3) is 3.49. The highest BCUT2D eigenvalue weighted by atomic mass is 16.5. The number of hydrogen-bond acceptors (Lipinski definition) is 2. The highest BCUT2D eigenvalue weighted by molar-refractivity contribution is 5.31. The zero-order valence-corrected chi connectivity index (χ0v) is 11.6. The Bertz CT molecular complexity index is 364. The molecular formula is C16H25NO. The number of rotatable bonds is 6. The minimum atomic E-state index is 0.708. The predicted molar refractivity (Wildman–Crippen MR) is 76.3 cm³/mol. The first kappa shape index (κ1) is 13.4. The molecule has 1 N–H and O–H groups in total. The Morgan fingerprint density at radius 3 is 2.94 bits per heavy atom. The van der Waals surface area contributed by atoms with Crippen molar-refractivity contribution in [2.75, 3.05) is 13.2 Å². The van der Waals surface area contributed by atoms with E-state index >= 15 is 0 Å². The number of nitrogens with one attached hydrogen (secondary N) is 1. The van der Waals surface area contributed by atoms with E-state index in [1.807, 2.05) is 6.92 Å². The molecule has 2 atom stereocenters. The van der Waals surface area contributed by atoms with Crippen LogP contribution in [0.5, 0.6) is 5.75 Å². The van der Waals surface area contributed by atoms with Crippen LogP contribution in [0.25, 0.3) is 0 Å². The van der Waals surface area contributed by atoms with E-state index in [1.54, 1.807) is 0 Å². The molecule has 1 aromatic carbocycles. The fourth-order valence-electron chi connectivity index (χ4n) is 2.84. The first-order valence-electron chi connectivity index (χ1n) is 7.29. The third-order valence-corrected chi connectivity index (χ3v) is 3.76. The molecule has 100 valence electrons. The molecule has 18 heavy (non-hydrogen) atoms. The molecule has 1 fully saturated rings. The average Bonchev–Trinajstić information content (AvgIpc) is 2.86. The van der Waals surface area contributed by atoms with Crippen molar-refractivity contribution in [1.29, 1.82) is 0 Å². The van der Waals surface area contributed by atoms with Crippen LogP contribution in [0.1, 0.15) is 51.0 Å². The maximum Gasteiger partial charge on any atom is 0.119 e. The van der Waals surface area contributed by atoms with Crippen LogP contribution in [-0.4, -0.2) is 19.2 Å². The van der Waals surface area contributed by atoms with Gasteiger partial charge in [0.25, 0.3) is 0 Å². The zero-order valence-electron chi connectivity index (χ0n) is 11.6. The van der Waals surface area contributed by atoms with Crippen LogP contribution in [0.4, 0.5) is 0 Å². The first-order valence-corrected chi connectivity index (χ1v) is 7.29. The molecule has 0 aliphatic heterocycles. The lowest BCUT2D eigenvalue weighted by molar-refractivity contribution is 0.339. The van der Waals surface area contributed by atoms with Gasteiger partial charge in [0.1, 0.15) is 5.75 Å². The van der Waals surface area contributed by atoms with Gasteiger partial charge in [0, 0.05) is 6.04 Å². The fourth-order valence-corrected chi connectivity index (χ4v) is 2.84. The minimum absolute atomic E-state index is 0.708. The molecule has 1 aromatic rings. The van der Waals surface area contributed by atoms with Gasteiger partial charge < -0.3 is 10.1 Å². The van der Waals surface area contributed by atoms with Crippen LogP contribution in [-0.2, 0) is 0 Å². The molecule has 0 spiro atoms. The first-order chi connectivity index (χ1) is 8.83. The van der Waals surface area contributed by atoms with Gasteiger partial charge >= 0.3 is 0 Å². The summed E-state index contributed by atoms with van der Waals surface area (Å²) in [6.07, 6.45) is 5.11. The van der Waals surface area contributed by atoms with Gasteiger partial charge in [-0.05, 0) is 62.8 Å². The average molecular weight is 247 g/mol. The van der Waals surface area contributed by atoms with E-state index in [0.29, 0.717) is 12.0 Å². The van der Waals surface area contributed by atoms with Gasteiger partial charge in [0.15, 0.2) is 0 Å². The Kier molecular flexibility index (Phi) is 5.06. The largest absolute Gasteiger partial charge is 0.494 e. The molecule has 0 amide bonds. The van der Waals surface area contributed by atoms with Gasteiger partial charge in [-0.25, -0.2) is 0 Å². The van der Waals surface area contributed by atoms with E-state index in [0.717, 1.165) is 18.9 Å². The van der Waals surface area contributed by atoms with Crippen LogP contribution < -0.4 is 10.1 Å². The lowest BCUT2D eigenvalue weighted by atomic mass is 9.97. The van der Waals surface area contributed by atoms with Gasteiger partial charge in [0.2, 0.25) is 0 Å².